The van der Waals surface area contributed by atoms with E-state index in [1.54, 1.807) is 6.92 Å². The third-order valence-corrected chi connectivity index (χ3v) is 5.85. The highest BCUT2D eigenvalue weighted by Crippen LogP contribution is 2.15. The maximum atomic E-state index is 11.6. The normalized spacial score (nSPS) is 12.5. The number of sulfone groups is 1. The average Bonchev–Trinajstić information content (AvgIpc) is 2.94. The van der Waals surface area contributed by atoms with Crippen molar-refractivity contribution in [2.45, 2.75) is 33.7 Å². The highest BCUT2D eigenvalue weighted by atomic mass is 32.2. The van der Waals surface area contributed by atoms with Crippen LogP contribution in [0.25, 0.3) is 11.0 Å². The Balaban J connectivity index is 1.88. The second-order valence-electron chi connectivity index (χ2n) is 6.08. The van der Waals surface area contributed by atoms with E-state index in [-0.39, 0.29) is 11.5 Å². The summed E-state index contributed by atoms with van der Waals surface area (Å²) in [6.45, 7) is 8.27. The van der Waals surface area contributed by atoms with Gasteiger partial charge in [-0.15, -0.1) is 0 Å². The molecule has 2 N–H and O–H groups in total. The summed E-state index contributed by atoms with van der Waals surface area (Å²) in [4.78, 5) is 9.11. The Kier molecular flexibility index (Phi) is 7.44. The topological polar surface area (TPSA) is 88.4 Å². The van der Waals surface area contributed by atoms with Crippen LogP contribution in [0.2, 0.25) is 0 Å². The molecule has 0 atom stereocenters. The molecule has 1 aromatic carbocycles. The summed E-state index contributed by atoms with van der Waals surface area (Å²) < 4.78 is 25.3. The quantitative estimate of drug-likeness (QED) is 0.393. The molecule has 0 aliphatic carbocycles. The highest BCUT2D eigenvalue weighted by Gasteiger charge is 2.08. The molecule has 0 unspecified atom stereocenters. The maximum Gasteiger partial charge on any atom is 0.191 e. The van der Waals surface area contributed by atoms with Gasteiger partial charge in [-0.2, -0.15) is 0 Å². The molecule has 0 fully saturated rings. The summed E-state index contributed by atoms with van der Waals surface area (Å²) in [7, 11) is -2.97. The van der Waals surface area contributed by atoms with Crippen molar-refractivity contribution in [1.29, 1.82) is 0 Å². The van der Waals surface area contributed by atoms with Crippen LogP contribution in [0.4, 0.5) is 0 Å². The van der Waals surface area contributed by atoms with E-state index < -0.39 is 9.84 Å². The first-order valence-corrected chi connectivity index (χ1v) is 10.9. The minimum Gasteiger partial charge on any atom is -0.357 e. The van der Waals surface area contributed by atoms with E-state index >= 15 is 0 Å². The molecule has 2 rings (SSSR count). The van der Waals surface area contributed by atoms with Crippen molar-refractivity contribution in [3.05, 3.63) is 30.1 Å². The molecule has 26 heavy (non-hydrogen) atoms. The molecule has 1 heterocycles. The molecule has 0 radical (unpaired) electrons. The van der Waals surface area contributed by atoms with E-state index in [0.29, 0.717) is 19.0 Å². The number of imidazole rings is 1. The van der Waals surface area contributed by atoms with Crippen LogP contribution in [-0.2, 0) is 16.4 Å². The highest BCUT2D eigenvalue weighted by molar-refractivity contribution is 7.91. The van der Waals surface area contributed by atoms with Crippen molar-refractivity contribution < 1.29 is 8.42 Å². The lowest BCUT2D eigenvalue weighted by molar-refractivity contribution is 0.595. The van der Waals surface area contributed by atoms with Gasteiger partial charge in [0.15, 0.2) is 15.8 Å². The molecule has 1 aromatic heterocycles. The van der Waals surface area contributed by atoms with E-state index in [1.807, 2.05) is 32.0 Å². The minimum absolute atomic E-state index is 0.119. The molecule has 8 heteroatoms. The zero-order valence-corrected chi connectivity index (χ0v) is 16.6. The van der Waals surface area contributed by atoms with Crippen LogP contribution in [-0.4, -0.2) is 55.1 Å². The predicted octanol–water partition coefficient (Wildman–Crippen LogP) is 1.72. The molecular formula is C18H29N5O2S. The fourth-order valence-corrected chi connectivity index (χ4v) is 3.41. The number of benzene rings is 1. The van der Waals surface area contributed by atoms with E-state index in [0.717, 1.165) is 36.4 Å². The van der Waals surface area contributed by atoms with Crippen LogP contribution in [0, 0.1) is 6.92 Å². The summed E-state index contributed by atoms with van der Waals surface area (Å²) in [5, 5.41) is 6.23. The lowest BCUT2D eigenvalue weighted by Crippen LogP contribution is -2.39. The smallest absolute Gasteiger partial charge is 0.191 e. The van der Waals surface area contributed by atoms with Crippen molar-refractivity contribution in [2.75, 3.05) is 31.1 Å². The number of hydrogen-bond donors (Lipinski definition) is 2. The van der Waals surface area contributed by atoms with Crippen LogP contribution < -0.4 is 10.6 Å². The van der Waals surface area contributed by atoms with Gasteiger partial charge in [0, 0.05) is 31.9 Å². The second-order valence-corrected chi connectivity index (χ2v) is 8.55. The molecule has 0 aliphatic heterocycles. The second kappa shape index (κ2) is 9.56. The summed E-state index contributed by atoms with van der Waals surface area (Å²) in [6.07, 6.45) is 0.880. The van der Waals surface area contributed by atoms with Gasteiger partial charge in [0.25, 0.3) is 0 Å². The summed E-state index contributed by atoms with van der Waals surface area (Å²) in [5.74, 6) is 1.95. The number of guanidine groups is 1. The molecular weight excluding hydrogens is 350 g/mol. The first kappa shape index (κ1) is 20.2. The molecule has 0 bridgehead atoms. The van der Waals surface area contributed by atoms with Gasteiger partial charge < -0.3 is 15.2 Å². The van der Waals surface area contributed by atoms with E-state index in [2.05, 4.69) is 31.2 Å². The Labute approximate surface area is 155 Å². The van der Waals surface area contributed by atoms with Crippen LogP contribution in [0.3, 0.4) is 0 Å². The number of aliphatic imine (C=N–C) groups is 1. The fraction of sp³-hybridized carbons (Fsp3) is 0.556. The number of para-hydroxylation sites is 2. The van der Waals surface area contributed by atoms with Crippen molar-refractivity contribution >= 4 is 26.8 Å². The van der Waals surface area contributed by atoms with E-state index in [4.69, 9.17) is 0 Å². The van der Waals surface area contributed by atoms with Gasteiger partial charge in [-0.1, -0.05) is 19.1 Å². The van der Waals surface area contributed by atoms with Gasteiger partial charge in [-0.05, 0) is 32.4 Å². The van der Waals surface area contributed by atoms with Gasteiger partial charge in [0.2, 0.25) is 0 Å². The number of nitrogens with one attached hydrogen (secondary N) is 2. The molecule has 0 spiro atoms. The number of nitrogens with zero attached hydrogens (tertiary/aromatic N) is 3. The Hall–Kier alpha value is -2.09. The molecule has 7 nitrogen and oxygen atoms in total. The van der Waals surface area contributed by atoms with Gasteiger partial charge in [-0.25, -0.2) is 13.4 Å². The SMILES string of the molecule is CCNC(=NCCCn1c(C)nc2ccccc21)NCCS(=O)(=O)CC. The zero-order chi connectivity index (χ0) is 19.0. The summed E-state index contributed by atoms with van der Waals surface area (Å²) in [6, 6.07) is 8.12. The zero-order valence-electron chi connectivity index (χ0n) is 15.8. The minimum atomic E-state index is -2.97. The molecule has 0 aliphatic rings. The average molecular weight is 380 g/mol. The van der Waals surface area contributed by atoms with Crippen molar-refractivity contribution in [3.8, 4) is 0 Å². The number of aromatic nitrogens is 2. The maximum absolute atomic E-state index is 11.6. The van der Waals surface area contributed by atoms with Gasteiger partial charge in [-0.3, -0.25) is 4.99 Å². The Bertz CT molecular complexity index is 842. The number of rotatable bonds is 9. The monoisotopic (exact) mass is 379 g/mol. The van der Waals surface area contributed by atoms with Crippen molar-refractivity contribution in [3.63, 3.8) is 0 Å². The first-order valence-electron chi connectivity index (χ1n) is 9.11. The number of fused-ring (bicyclic) bond motifs is 1. The van der Waals surface area contributed by atoms with Gasteiger partial charge >= 0.3 is 0 Å². The number of hydrogen-bond acceptors (Lipinski definition) is 4. The Morgan fingerprint density at radius 2 is 2.00 bits per heavy atom. The molecule has 2 aromatic rings. The lowest BCUT2D eigenvalue weighted by atomic mass is 10.3. The standard InChI is InChI=1S/C18H29N5O2S/c1-4-19-18(21-12-14-26(24,25)5-2)20-11-8-13-23-15(3)22-16-9-6-7-10-17(16)23/h6-7,9-10H,4-5,8,11-14H2,1-3H3,(H2,19,20,21). The van der Waals surface area contributed by atoms with Gasteiger partial charge in [0.05, 0.1) is 16.8 Å². The van der Waals surface area contributed by atoms with Gasteiger partial charge in [0.1, 0.15) is 5.82 Å². The van der Waals surface area contributed by atoms with Crippen LogP contribution in [0.5, 0.6) is 0 Å². The predicted molar refractivity (Wildman–Crippen MR) is 107 cm³/mol. The summed E-state index contributed by atoms with van der Waals surface area (Å²) in [5.41, 5.74) is 2.16. The lowest BCUT2D eigenvalue weighted by Gasteiger charge is -2.11. The third kappa shape index (κ3) is 5.72. The Morgan fingerprint density at radius 3 is 2.73 bits per heavy atom. The molecule has 144 valence electrons. The van der Waals surface area contributed by atoms with E-state index in [1.165, 1.54) is 0 Å². The third-order valence-electron chi connectivity index (χ3n) is 4.14. The van der Waals surface area contributed by atoms with Crippen molar-refractivity contribution in [1.82, 2.24) is 20.2 Å². The van der Waals surface area contributed by atoms with Crippen LogP contribution in [0.1, 0.15) is 26.1 Å². The molecule has 0 saturated carbocycles. The largest absolute Gasteiger partial charge is 0.357 e. The van der Waals surface area contributed by atoms with E-state index in [9.17, 15) is 8.42 Å². The van der Waals surface area contributed by atoms with Crippen LogP contribution in [0.15, 0.2) is 29.3 Å². The van der Waals surface area contributed by atoms with Crippen LogP contribution >= 0.6 is 0 Å². The Morgan fingerprint density at radius 1 is 1.23 bits per heavy atom. The fourth-order valence-electron chi connectivity index (χ4n) is 2.71. The molecule has 0 amide bonds. The molecule has 0 saturated heterocycles. The summed E-state index contributed by atoms with van der Waals surface area (Å²) >= 11 is 0. The number of aryl methyl sites for hydroxylation is 2. The first-order chi connectivity index (χ1) is 12.5. The van der Waals surface area contributed by atoms with Crippen molar-refractivity contribution in [2.24, 2.45) is 4.99 Å².